The zero-order chi connectivity index (χ0) is 29.4. The Hall–Kier alpha value is -3.70. The number of hydrogen-bond donors (Lipinski definition) is 2. The zero-order valence-electron chi connectivity index (χ0n) is 21.3. The van der Waals surface area contributed by atoms with E-state index in [2.05, 4.69) is 20.6 Å². The predicted octanol–water partition coefficient (Wildman–Crippen LogP) is 4.90. The number of carbonyl (C=O) groups excluding carboxylic acids is 3. The summed E-state index contributed by atoms with van der Waals surface area (Å²) in [7, 11) is 0. The molecule has 3 rings (SSSR count). The predicted molar refractivity (Wildman–Crippen MR) is 142 cm³/mol. The van der Waals surface area contributed by atoms with Crippen molar-refractivity contribution in [2.24, 2.45) is 5.92 Å². The van der Waals surface area contributed by atoms with Crippen molar-refractivity contribution >= 4 is 40.8 Å². The van der Waals surface area contributed by atoms with E-state index in [4.69, 9.17) is 27.9 Å². The van der Waals surface area contributed by atoms with E-state index in [1.54, 1.807) is 18.2 Å². The molecule has 8 nitrogen and oxygen atoms in total. The number of rotatable bonds is 11. The number of amides is 2. The van der Waals surface area contributed by atoms with Gasteiger partial charge in [-0.3, -0.25) is 24.4 Å². The molecule has 3 aromatic rings. The lowest BCUT2D eigenvalue weighted by molar-refractivity contribution is -0.175. The van der Waals surface area contributed by atoms with Crippen molar-refractivity contribution in [3.63, 3.8) is 0 Å². The van der Waals surface area contributed by atoms with E-state index >= 15 is 0 Å². The van der Waals surface area contributed by atoms with Crippen LogP contribution in [-0.2, 0) is 20.8 Å². The van der Waals surface area contributed by atoms with Crippen LogP contribution >= 0.6 is 23.2 Å². The van der Waals surface area contributed by atoms with Crippen LogP contribution in [0.3, 0.4) is 0 Å². The van der Waals surface area contributed by atoms with Gasteiger partial charge in [-0.2, -0.15) is 13.2 Å². The molecule has 3 atom stereocenters. The molecule has 2 amide bonds. The molecule has 40 heavy (non-hydrogen) atoms. The molecule has 0 saturated heterocycles. The van der Waals surface area contributed by atoms with Crippen molar-refractivity contribution < 1.29 is 32.3 Å². The minimum Gasteiger partial charge on any atom is -0.480 e. The molecule has 2 aromatic carbocycles. The van der Waals surface area contributed by atoms with Gasteiger partial charge in [-0.25, -0.2) is 0 Å². The van der Waals surface area contributed by atoms with E-state index in [0.29, 0.717) is 5.69 Å². The van der Waals surface area contributed by atoms with Crippen LogP contribution in [0.4, 0.5) is 13.2 Å². The fourth-order valence-electron chi connectivity index (χ4n) is 3.70. The molecule has 0 aliphatic carbocycles. The number of carbonyl (C=O) groups is 3. The summed E-state index contributed by atoms with van der Waals surface area (Å²) in [4.78, 5) is 47.0. The molecule has 1 aromatic heterocycles. The Morgan fingerprint density at radius 1 is 0.950 bits per heavy atom. The summed E-state index contributed by atoms with van der Waals surface area (Å²) in [5, 5.41) is 5.19. The fraction of sp³-hybridized carbons (Fsp3) is 0.296. The second-order valence-electron chi connectivity index (χ2n) is 9.06. The molecule has 1 heterocycles. The number of halogens is 5. The van der Waals surface area contributed by atoms with Crippen LogP contribution in [0.25, 0.3) is 0 Å². The van der Waals surface area contributed by atoms with E-state index in [1.165, 1.54) is 62.8 Å². The van der Waals surface area contributed by atoms with Gasteiger partial charge in [0.1, 0.15) is 11.8 Å². The van der Waals surface area contributed by atoms with Crippen molar-refractivity contribution in [2.45, 2.75) is 44.6 Å². The SMILES string of the molecule is CC(C)[C@H](NC(=O)C(NC(=O)C(Cc1cnccn1)Oc1cc(Cl)cc(Cl)c1)c1ccccc1)C(=O)C(F)(F)F. The lowest BCUT2D eigenvalue weighted by atomic mass is 9.97. The number of aromatic nitrogens is 2. The monoisotopic (exact) mass is 596 g/mol. The van der Waals surface area contributed by atoms with Crippen LogP contribution in [0.2, 0.25) is 10.0 Å². The first kappa shape index (κ1) is 30.8. The van der Waals surface area contributed by atoms with Gasteiger partial charge in [0, 0.05) is 35.1 Å². The molecular weight excluding hydrogens is 572 g/mol. The highest BCUT2D eigenvalue weighted by molar-refractivity contribution is 6.34. The fourth-order valence-corrected chi connectivity index (χ4v) is 4.21. The maximum absolute atomic E-state index is 13.5. The minimum atomic E-state index is -5.17. The average Bonchev–Trinajstić information content (AvgIpc) is 2.89. The van der Waals surface area contributed by atoms with Crippen molar-refractivity contribution in [3.05, 3.63) is 88.4 Å². The molecule has 2 unspecified atom stereocenters. The summed E-state index contributed by atoms with van der Waals surface area (Å²) in [5.74, 6) is -4.65. The second kappa shape index (κ2) is 13.6. The van der Waals surface area contributed by atoms with Gasteiger partial charge in [0.15, 0.2) is 6.10 Å². The Kier molecular flexibility index (Phi) is 10.5. The summed E-state index contributed by atoms with van der Waals surface area (Å²) in [5.41, 5.74) is 0.645. The number of alkyl halides is 3. The smallest absolute Gasteiger partial charge is 0.452 e. The number of nitrogens with zero attached hydrogens (tertiary/aromatic N) is 2. The Balaban J connectivity index is 1.92. The summed E-state index contributed by atoms with van der Waals surface area (Å²) >= 11 is 12.1. The van der Waals surface area contributed by atoms with Gasteiger partial charge in [0.05, 0.1) is 11.7 Å². The van der Waals surface area contributed by atoms with E-state index in [9.17, 15) is 27.6 Å². The summed E-state index contributed by atoms with van der Waals surface area (Å²) in [6.45, 7) is 2.73. The lowest BCUT2D eigenvalue weighted by Crippen LogP contribution is -2.53. The number of ether oxygens (including phenoxy) is 1. The third kappa shape index (κ3) is 8.65. The normalized spacial score (nSPS) is 13.7. The average molecular weight is 597 g/mol. The maximum atomic E-state index is 13.5. The van der Waals surface area contributed by atoms with Gasteiger partial charge in [0.25, 0.3) is 11.7 Å². The van der Waals surface area contributed by atoms with Crippen molar-refractivity contribution in [1.29, 1.82) is 0 Å². The molecule has 0 fully saturated rings. The molecule has 0 bridgehead atoms. The summed E-state index contributed by atoms with van der Waals surface area (Å²) in [6, 6.07) is 8.86. The Morgan fingerprint density at radius 2 is 1.60 bits per heavy atom. The number of hydrogen-bond acceptors (Lipinski definition) is 6. The van der Waals surface area contributed by atoms with E-state index in [0.717, 1.165) is 0 Å². The first-order valence-electron chi connectivity index (χ1n) is 12.0. The molecule has 2 N–H and O–H groups in total. The van der Waals surface area contributed by atoms with Gasteiger partial charge in [-0.15, -0.1) is 0 Å². The van der Waals surface area contributed by atoms with E-state index in [-0.39, 0.29) is 27.8 Å². The second-order valence-corrected chi connectivity index (χ2v) is 9.93. The van der Waals surface area contributed by atoms with Crippen molar-refractivity contribution in [2.75, 3.05) is 0 Å². The third-order valence-corrected chi connectivity index (χ3v) is 6.06. The Morgan fingerprint density at radius 3 is 2.15 bits per heavy atom. The standard InChI is InChI=1S/C27H25Cl2F3N4O4/c1-15(2)22(24(37)27(30,31)32)35-26(39)23(16-6-4-3-5-7-16)36-25(38)21(13-19-14-33-8-9-34-19)40-20-11-17(28)10-18(29)12-20/h3-12,14-15,21-23H,13H2,1-2H3,(H,35,39)(H,36,38)/t21?,22-,23?/m0/s1. The van der Waals surface area contributed by atoms with Gasteiger partial charge >= 0.3 is 6.18 Å². The number of nitrogens with one attached hydrogen (secondary N) is 2. The van der Waals surface area contributed by atoms with Gasteiger partial charge in [-0.1, -0.05) is 67.4 Å². The van der Waals surface area contributed by atoms with Crippen LogP contribution < -0.4 is 15.4 Å². The maximum Gasteiger partial charge on any atom is 0.452 e. The van der Waals surface area contributed by atoms with Crippen LogP contribution in [0, 0.1) is 5.92 Å². The minimum absolute atomic E-state index is 0.0892. The van der Waals surface area contributed by atoms with Crippen LogP contribution in [0.5, 0.6) is 5.75 Å². The molecule has 212 valence electrons. The number of ketones is 1. The molecule has 0 saturated carbocycles. The quantitative estimate of drug-likeness (QED) is 0.326. The molecule has 13 heteroatoms. The molecule has 0 radical (unpaired) electrons. The van der Waals surface area contributed by atoms with Crippen LogP contribution in [0.15, 0.2) is 67.1 Å². The number of benzene rings is 2. The molecule has 0 aliphatic heterocycles. The molecule has 0 aliphatic rings. The van der Waals surface area contributed by atoms with Crippen molar-refractivity contribution in [1.82, 2.24) is 20.6 Å². The summed E-state index contributed by atoms with van der Waals surface area (Å²) in [6.07, 6.45) is -2.26. The summed E-state index contributed by atoms with van der Waals surface area (Å²) < 4.78 is 45.5. The highest BCUT2D eigenvalue weighted by Gasteiger charge is 2.45. The number of Topliss-reactive ketones (excluding diaryl/α,β-unsaturated/α-hetero) is 1. The van der Waals surface area contributed by atoms with E-state index in [1.807, 2.05) is 0 Å². The Labute approximate surface area is 238 Å². The van der Waals surface area contributed by atoms with Crippen LogP contribution in [-0.4, -0.2) is 45.9 Å². The van der Waals surface area contributed by atoms with E-state index < -0.39 is 47.9 Å². The molecule has 0 spiro atoms. The van der Waals surface area contributed by atoms with Gasteiger partial charge < -0.3 is 15.4 Å². The Bertz CT molecular complexity index is 1310. The highest BCUT2D eigenvalue weighted by Crippen LogP contribution is 2.26. The first-order valence-corrected chi connectivity index (χ1v) is 12.7. The zero-order valence-corrected chi connectivity index (χ0v) is 22.8. The highest BCUT2D eigenvalue weighted by atomic mass is 35.5. The topological polar surface area (TPSA) is 110 Å². The van der Waals surface area contributed by atoms with Crippen molar-refractivity contribution in [3.8, 4) is 5.75 Å². The van der Waals surface area contributed by atoms with Gasteiger partial charge in [0.2, 0.25) is 5.91 Å². The molecular formula is C27H25Cl2F3N4O4. The first-order chi connectivity index (χ1) is 18.8. The third-order valence-electron chi connectivity index (χ3n) is 5.63. The van der Waals surface area contributed by atoms with Gasteiger partial charge in [-0.05, 0) is 29.7 Å². The largest absolute Gasteiger partial charge is 0.480 e. The lowest BCUT2D eigenvalue weighted by Gasteiger charge is -2.27. The van der Waals surface area contributed by atoms with Crippen LogP contribution in [0.1, 0.15) is 31.1 Å².